The lowest BCUT2D eigenvalue weighted by Crippen LogP contribution is -2.42. The Balaban J connectivity index is 1.68. The van der Waals surface area contributed by atoms with Gasteiger partial charge < -0.3 is 9.80 Å². The average molecular weight is 353 g/mol. The molecule has 0 N–H and O–H groups in total. The highest BCUT2D eigenvalue weighted by Gasteiger charge is 2.20. The number of rotatable bonds is 6. The van der Waals surface area contributed by atoms with Crippen molar-refractivity contribution in [3.8, 4) is 0 Å². The number of piperidine rings is 1. The minimum absolute atomic E-state index is 0.255. The molecule has 2 rings (SSSR count). The maximum absolute atomic E-state index is 12.1. The SMILES string of the molecule is CN(C)C1CCN(CCCC(=O)c2ccc(Br)cc2)CC1. The summed E-state index contributed by atoms with van der Waals surface area (Å²) >= 11 is 3.39. The molecule has 1 aromatic carbocycles. The number of hydrogen-bond donors (Lipinski definition) is 0. The molecule has 0 aliphatic carbocycles. The molecule has 1 heterocycles. The summed E-state index contributed by atoms with van der Waals surface area (Å²) < 4.78 is 1.02. The van der Waals surface area contributed by atoms with E-state index in [9.17, 15) is 4.79 Å². The van der Waals surface area contributed by atoms with Crippen LogP contribution in [0.2, 0.25) is 0 Å². The third-order valence-corrected chi connectivity index (χ3v) is 4.86. The number of carbonyl (C=O) groups is 1. The van der Waals surface area contributed by atoms with Crippen LogP contribution in [-0.2, 0) is 0 Å². The van der Waals surface area contributed by atoms with E-state index in [0.717, 1.165) is 42.1 Å². The van der Waals surface area contributed by atoms with E-state index in [0.29, 0.717) is 6.42 Å². The molecular formula is C17H25BrN2O. The quantitative estimate of drug-likeness (QED) is 0.732. The van der Waals surface area contributed by atoms with Gasteiger partial charge in [-0.25, -0.2) is 0 Å². The number of ketones is 1. The molecule has 0 bridgehead atoms. The van der Waals surface area contributed by atoms with Gasteiger partial charge >= 0.3 is 0 Å². The summed E-state index contributed by atoms with van der Waals surface area (Å²) in [5, 5.41) is 0. The predicted molar refractivity (Wildman–Crippen MR) is 90.9 cm³/mol. The maximum Gasteiger partial charge on any atom is 0.162 e. The van der Waals surface area contributed by atoms with E-state index >= 15 is 0 Å². The van der Waals surface area contributed by atoms with Crippen molar-refractivity contribution in [1.29, 1.82) is 0 Å². The van der Waals surface area contributed by atoms with Gasteiger partial charge in [-0.2, -0.15) is 0 Å². The van der Waals surface area contributed by atoms with Crippen LogP contribution in [0.3, 0.4) is 0 Å². The van der Waals surface area contributed by atoms with Gasteiger partial charge in [0, 0.05) is 22.5 Å². The fraction of sp³-hybridized carbons (Fsp3) is 0.588. The molecule has 4 heteroatoms. The molecule has 0 spiro atoms. The summed E-state index contributed by atoms with van der Waals surface area (Å²) in [6, 6.07) is 8.38. The second-order valence-electron chi connectivity index (χ2n) is 6.07. The minimum Gasteiger partial charge on any atom is -0.306 e. The van der Waals surface area contributed by atoms with Crippen LogP contribution in [0.4, 0.5) is 0 Å². The molecule has 0 atom stereocenters. The number of nitrogens with zero attached hydrogens (tertiary/aromatic N) is 2. The third-order valence-electron chi connectivity index (χ3n) is 4.33. The van der Waals surface area contributed by atoms with Crippen molar-refractivity contribution in [2.24, 2.45) is 0 Å². The van der Waals surface area contributed by atoms with Crippen molar-refractivity contribution >= 4 is 21.7 Å². The summed E-state index contributed by atoms with van der Waals surface area (Å²) in [4.78, 5) is 16.9. The molecule has 116 valence electrons. The van der Waals surface area contributed by atoms with Crippen molar-refractivity contribution in [3.63, 3.8) is 0 Å². The Morgan fingerprint density at radius 2 is 1.86 bits per heavy atom. The van der Waals surface area contributed by atoms with Gasteiger partial charge in [-0.05, 0) is 65.1 Å². The van der Waals surface area contributed by atoms with Crippen LogP contribution >= 0.6 is 15.9 Å². The van der Waals surface area contributed by atoms with E-state index in [1.165, 1.54) is 12.8 Å². The Morgan fingerprint density at radius 1 is 1.24 bits per heavy atom. The fourth-order valence-electron chi connectivity index (χ4n) is 2.90. The number of likely N-dealkylation sites (tertiary alicyclic amines) is 1. The standard InChI is InChI=1S/C17H25BrN2O/c1-19(2)16-9-12-20(13-10-16)11-3-4-17(21)14-5-7-15(18)8-6-14/h5-8,16H,3-4,9-13H2,1-2H3. The summed E-state index contributed by atoms with van der Waals surface area (Å²) in [6.07, 6.45) is 4.10. The molecule has 1 aliphatic rings. The van der Waals surface area contributed by atoms with Crippen molar-refractivity contribution in [3.05, 3.63) is 34.3 Å². The highest BCUT2D eigenvalue weighted by Crippen LogP contribution is 2.16. The number of carbonyl (C=O) groups excluding carboxylic acids is 1. The van der Waals surface area contributed by atoms with Gasteiger partial charge in [0.2, 0.25) is 0 Å². The average Bonchev–Trinajstić information content (AvgIpc) is 2.48. The van der Waals surface area contributed by atoms with Gasteiger partial charge in [-0.15, -0.1) is 0 Å². The second-order valence-corrected chi connectivity index (χ2v) is 6.99. The van der Waals surface area contributed by atoms with E-state index in [1.54, 1.807) is 0 Å². The van der Waals surface area contributed by atoms with Gasteiger partial charge in [0.1, 0.15) is 0 Å². The monoisotopic (exact) mass is 352 g/mol. The zero-order chi connectivity index (χ0) is 15.2. The van der Waals surface area contributed by atoms with Crippen LogP contribution < -0.4 is 0 Å². The Hall–Kier alpha value is -0.710. The van der Waals surface area contributed by atoms with Crippen molar-refractivity contribution in [1.82, 2.24) is 9.80 Å². The third kappa shape index (κ3) is 5.20. The second kappa shape index (κ2) is 8.06. The molecule has 0 radical (unpaired) electrons. The van der Waals surface area contributed by atoms with Crippen LogP contribution in [0.5, 0.6) is 0 Å². The number of hydrogen-bond acceptors (Lipinski definition) is 3. The first-order valence-electron chi connectivity index (χ1n) is 7.74. The van der Waals surface area contributed by atoms with Crippen LogP contribution in [0.25, 0.3) is 0 Å². The highest BCUT2D eigenvalue weighted by atomic mass is 79.9. The Kier molecular flexibility index (Phi) is 6.40. The number of benzene rings is 1. The minimum atomic E-state index is 0.255. The molecule has 1 aromatic rings. The molecule has 0 aromatic heterocycles. The van der Waals surface area contributed by atoms with Gasteiger partial charge in [0.15, 0.2) is 5.78 Å². The molecule has 0 saturated carbocycles. The zero-order valence-electron chi connectivity index (χ0n) is 13.0. The molecule has 0 amide bonds. The molecule has 1 fully saturated rings. The van der Waals surface area contributed by atoms with E-state index in [2.05, 4.69) is 39.8 Å². The topological polar surface area (TPSA) is 23.6 Å². The van der Waals surface area contributed by atoms with Crippen LogP contribution in [0.15, 0.2) is 28.7 Å². The van der Waals surface area contributed by atoms with Crippen LogP contribution in [0.1, 0.15) is 36.0 Å². The predicted octanol–water partition coefficient (Wildman–Crippen LogP) is 3.44. The lowest BCUT2D eigenvalue weighted by Gasteiger charge is -2.35. The first-order valence-corrected chi connectivity index (χ1v) is 8.53. The Bertz CT molecular complexity index is 450. The van der Waals surface area contributed by atoms with Gasteiger partial charge in [-0.3, -0.25) is 4.79 Å². The van der Waals surface area contributed by atoms with E-state index in [1.807, 2.05) is 24.3 Å². The molecule has 1 saturated heterocycles. The van der Waals surface area contributed by atoms with Crippen LogP contribution in [0, 0.1) is 0 Å². The van der Waals surface area contributed by atoms with Crippen molar-refractivity contribution < 1.29 is 4.79 Å². The fourth-order valence-corrected chi connectivity index (χ4v) is 3.17. The normalized spacial score (nSPS) is 17.3. The lowest BCUT2D eigenvalue weighted by atomic mass is 10.0. The summed E-state index contributed by atoms with van der Waals surface area (Å²) in [7, 11) is 4.33. The van der Waals surface area contributed by atoms with Crippen molar-refractivity contribution in [2.75, 3.05) is 33.7 Å². The smallest absolute Gasteiger partial charge is 0.162 e. The summed E-state index contributed by atoms with van der Waals surface area (Å²) in [5.74, 6) is 0.255. The van der Waals surface area contributed by atoms with Crippen molar-refractivity contribution in [2.45, 2.75) is 31.7 Å². The molecule has 1 aliphatic heterocycles. The first kappa shape index (κ1) is 16.7. The van der Waals surface area contributed by atoms with E-state index < -0.39 is 0 Å². The largest absolute Gasteiger partial charge is 0.306 e. The number of Topliss-reactive ketones (excluding diaryl/α,β-unsaturated/α-hetero) is 1. The highest BCUT2D eigenvalue weighted by molar-refractivity contribution is 9.10. The van der Waals surface area contributed by atoms with Gasteiger partial charge in [-0.1, -0.05) is 28.1 Å². The molecule has 21 heavy (non-hydrogen) atoms. The Labute approximate surface area is 136 Å². The molecule has 3 nitrogen and oxygen atoms in total. The molecular weight excluding hydrogens is 328 g/mol. The first-order chi connectivity index (χ1) is 10.1. The van der Waals surface area contributed by atoms with Crippen LogP contribution in [-0.4, -0.2) is 55.4 Å². The lowest BCUT2D eigenvalue weighted by molar-refractivity contribution is 0.0966. The summed E-state index contributed by atoms with van der Waals surface area (Å²) in [5.41, 5.74) is 0.824. The summed E-state index contributed by atoms with van der Waals surface area (Å²) in [6.45, 7) is 3.37. The maximum atomic E-state index is 12.1. The molecule has 0 unspecified atom stereocenters. The zero-order valence-corrected chi connectivity index (χ0v) is 14.6. The number of halogens is 1. The Morgan fingerprint density at radius 3 is 2.43 bits per heavy atom. The van der Waals surface area contributed by atoms with Gasteiger partial charge in [0.05, 0.1) is 0 Å². The van der Waals surface area contributed by atoms with Gasteiger partial charge in [0.25, 0.3) is 0 Å². The van der Waals surface area contributed by atoms with E-state index in [-0.39, 0.29) is 5.78 Å². The van der Waals surface area contributed by atoms with E-state index in [4.69, 9.17) is 0 Å².